The lowest BCUT2D eigenvalue weighted by molar-refractivity contribution is -0.179. The summed E-state index contributed by atoms with van der Waals surface area (Å²) in [7, 11) is 1.80. The minimum Gasteiger partial charge on any atom is -0.357 e. The third-order valence-electron chi connectivity index (χ3n) is 4.57. The van der Waals surface area contributed by atoms with Crippen LogP contribution in [0.2, 0.25) is 0 Å². The smallest absolute Gasteiger partial charge is 0.167 e. The second kappa shape index (κ2) is 7.09. The van der Waals surface area contributed by atoms with Gasteiger partial charge < -0.3 is 10.1 Å². The van der Waals surface area contributed by atoms with E-state index in [4.69, 9.17) is 4.74 Å². The van der Waals surface area contributed by atoms with Crippen LogP contribution >= 0.6 is 0 Å². The minimum absolute atomic E-state index is 0.0600. The van der Waals surface area contributed by atoms with E-state index in [2.05, 4.69) is 65.3 Å². The molecule has 2 atom stereocenters. The van der Waals surface area contributed by atoms with Crippen molar-refractivity contribution in [2.75, 3.05) is 26.7 Å². The molecule has 2 aromatic carbocycles. The standard InChI is InChI=1S/C20H24N2O/c1-3-15-22-16-14-21-19(17-10-6-4-7-11-17)20(22,23-2)18-12-8-5-9-13-18/h3-13,19,21H,1,14-16H2,2H3. The van der Waals surface area contributed by atoms with Crippen molar-refractivity contribution in [1.29, 1.82) is 0 Å². The molecule has 23 heavy (non-hydrogen) atoms. The molecule has 0 aromatic heterocycles. The fourth-order valence-corrected chi connectivity index (χ4v) is 3.59. The van der Waals surface area contributed by atoms with E-state index in [1.807, 2.05) is 18.2 Å². The topological polar surface area (TPSA) is 24.5 Å². The zero-order valence-corrected chi connectivity index (χ0v) is 13.6. The molecule has 0 saturated carbocycles. The predicted molar refractivity (Wildman–Crippen MR) is 94.1 cm³/mol. The van der Waals surface area contributed by atoms with Crippen LogP contribution < -0.4 is 5.32 Å². The molecule has 0 aliphatic carbocycles. The Morgan fingerprint density at radius 3 is 2.43 bits per heavy atom. The molecule has 1 saturated heterocycles. The number of hydrogen-bond acceptors (Lipinski definition) is 3. The van der Waals surface area contributed by atoms with E-state index in [9.17, 15) is 0 Å². The van der Waals surface area contributed by atoms with Crippen molar-refractivity contribution in [1.82, 2.24) is 10.2 Å². The first-order valence-electron chi connectivity index (χ1n) is 8.08. The fourth-order valence-electron chi connectivity index (χ4n) is 3.59. The van der Waals surface area contributed by atoms with Crippen LogP contribution in [-0.4, -0.2) is 31.6 Å². The molecule has 1 aliphatic heterocycles. The van der Waals surface area contributed by atoms with Crippen molar-refractivity contribution in [3.05, 3.63) is 84.4 Å². The fraction of sp³-hybridized carbons (Fsp3) is 0.300. The molecule has 3 rings (SSSR count). The molecule has 2 aromatic rings. The van der Waals surface area contributed by atoms with Gasteiger partial charge in [-0.1, -0.05) is 66.7 Å². The average molecular weight is 308 g/mol. The van der Waals surface area contributed by atoms with E-state index >= 15 is 0 Å². The summed E-state index contributed by atoms with van der Waals surface area (Å²) in [5, 5.41) is 3.66. The lowest BCUT2D eigenvalue weighted by Gasteiger charge is -2.51. The first kappa shape index (κ1) is 15.9. The summed E-state index contributed by atoms with van der Waals surface area (Å²) < 4.78 is 6.21. The highest BCUT2D eigenvalue weighted by molar-refractivity contribution is 5.32. The van der Waals surface area contributed by atoms with Gasteiger partial charge in [0.05, 0.1) is 6.04 Å². The van der Waals surface area contributed by atoms with Gasteiger partial charge in [-0.05, 0) is 5.56 Å². The number of hydrogen-bond donors (Lipinski definition) is 1. The molecule has 120 valence electrons. The number of piperazine rings is 1. The van der Waals surface area contributed by atoms with Gasteiger partial charge in [0.25, 0.3) is 0 Å². The minimum atomic E-state index is -0.547. The van der Waals surface area contributed by atoms with Crippen molar-refractivity contribution >= 4 is 0 Å². The van der Waals surface area contributed by atoms with Gasteiger partial charge in [-0.25, -0.2) is 0 Å². The van der Waals surface area contributed by atoms with Gasteiger partial charge in [-0.15, -0.1) is 6.58 Å². The van der Waals surface area contributed by atoms with Gasteiger partial charge in [-0.3, -0.25) is 4.90 Å². The molecular formula is C20H24N2O. The van der Waals surface area contributed by atoms with Crippen LogP contribution in [0.3, 0.4) is 0 Å². The maximum atomic E-state index is 6.21. The summed E-state index contributed by atoms with van der Waals surface area (Å²) in [5.74, 6) is 0. The molecule has 0 amide bonds. The first-order valence-corrected chi connectivity index (χ1v) is 8.08. The highest BCUT2D eigenvalue weighted by Gasteiger charge is 2.48. The Balaban J connectivity index is 2.14. The number of rotatable bonds is 5. The van der Waals surface area contributed by atoms with Crippen LogP contribution in [0.5, 0.6) is 0 Å². The van der Waals surface area contributed by atoms with Crippen molar-refractivity contribution in [3.8, 4) is 0 Å². The van der Waals surface area contributed by atoms with Crippen LogP contribution in [0.15, 0.2) is 73.3 Å². The van der Waals surface area contributed by atoms with Gasteiger partial charge in [0.1, 0.15) is 0 Å². The van der Waals surface area contributed by atoms with Crippen LogP contribution in [0.4, 0.5) is 0 Å². The zero-order chi connectivity index (χ0) is 16.1. The maximum absolute atomic E-state index is 6.21. The number of methoxy groups -OCH3 is 1. The summed E-state index contributed by atoms with van der Waals surface area (Å²) in [6, 6.07) is 21.0. The molecule has 1 fully saturated rings. The second-order valence-corrected chi connectivity index (χ2v) is 5.80. The number of ether oxygens (including phenoxy) is 1. The van der Waals surface area contributed by atoms with E-state index in [1.165, 1.54) is 5.56 Å². The van der Waals surface area contributed by atoms with E-state index < -0.39 is 5.72 Å². The van der Waals surface area contributed by atoms with Crippen molar-refractivity contribution in [2.45, 2.75) is 11.8 Å². The van der Waals surface area contributed by atoms with Crippen molar-refractivity contribution in [2.24, 2.45) is 0 Å². The zero-order valence-electron chi connectivity index (χ0n) is 13.6. The largest absolute Gasteiger partial charge is 0.357 e. The normalized spacial score (nSPS) is 25.2. The van der Waals surface area contributed by atoms with Crippen LogP contribution in [0, 0.1) is 0 Å². The quantitative estimate of drug-likeness (QED) is 0.858. The number of benzene rings is 2. The Morgan fingerprint density at radius 2 is 1.83 bits per heavy atom. The lowest BCUT2D eigenvalue weighted by Crippen LogP contribution is -2.61. The summed E-state index contributed by atoms with van der Waals surface area (Å²) in [6.45, 7) is 6.55. The van der Waals surface area contributed by atoms with Crippen molar-refractivity contribution in [3.63, 3.8) is 0 Å². The third kappa shape index (κ3) is 2.83. The Morgan fingerprint density at radius 1 is 1.17 bits per heavy atom. The molecule has 0 spiro atoms. The SMILES string of the molecule is C=CCN1CCNC(c2ccccc2)C1(OC)c1ccccc1. The molecule has 3 nitrogen and oxygen atoms in total. The van der Waals surface area contributed by atoms with E-state index in [1.54, 1.807) is 7.11 Å². The van der Waals surface area contributed by atoms with E-state index in [0.29, 0.717) is 0 Å². The monoisotopic (exact) mass is 308 g/mol. The highest BCUT2D eigenvalue weighted by Crippen LogP contribution is 2.43. The van der Waals surface area contributed by atoms with Gasteiger partial charge in [0.15, 0.2) is 5.72 Å². The highest BCUT2D eigenvalue weighted by atomic mass is 16.5. The van der Waals surface area contributed by atoms with Crippen LogP contribution in [0.25, 0.3) is 0 Å². The Bertz CT molecular complexity index is 629. The molecule has 1 heterocycles. The Labute approximate surface area is 138 Å². The second-order valence-electron chi connectivity index (χ2n) is 5.80. The predicted octanol–water partition coefficient (Wildman–Crippen LogP) is 3.32. The third-order valence-corrected chi connectivity index (χ3v) is 4.57. The maximum Gasteiger partial charge on any atom is 0.167 e. The number of nitrogens with one attached hydrogen (secondary N) is 1. The molecule has 2 unspecified atom stereocenters. The van der Waals surface area contributed by atoms with Crippen molar-refractivity contribution < 1.29 is 4.74 Å². The molecule has 0 bridgehead atoms. The molecular weight excluding hydrogens is 284 g/mol. The summed E-state index contributed by atoms with van der Waals surface area (Å²) in [5.41, 5.74) is 1.84. The summed E-state index contributed by atoms with van der Waals surface area (Å²) >= 11 is 0. The number of nitrogens with zero attached hydrogens (tertiary/aromatic N) is 1. The molecule has 3 heteroatoms. The van der Waals surface area contributed by atoms with Crippen LogP contribution in [0.1, 0.15) is 17.2 Å². The Kier molecular flexibility index (Phi) is 4.91. The van der Waals surface area contributed by atoms with Gasteiger partial charge >= 0.3 is 0 Å². The first-order chi connectivity index (χ1) is 11.3. The van der Waals surface area contributed by atoms with E-state index in [0.717, 1.165) is 25.2 Å². The van der Waals surface area contributed by atoms with Crippen LogP contribution in [-0.2, 0) is 10.5 Å². The average Bonchev–Trinajstić information content (AvgIpc) is 2.63. The summed E-state index contributed by atoms with van der Waals surface area (Å²) in [6.07, 6.45) is 1.95. The molecule has 1 N–H and O–H groups in total. The van der Waals surface area contributed by atoms with E-state index in [-0.39, 0.29) is 6.04 Å². The van der Waals surface area contributed by atoms with Gasteiger partial charge in [0, 0.05) is 32.3 Å². The summed E-state index contributed by atoms with van der Waals surface area (Å²) in [4.78, 5) is 2.36. The van der Waals surface area contributed by atoms with Gasteiger partial charge in [-0.2, -0.15) is 0 Å². The molecule has 0 radical (unpaired) electrons. The Hall–Kier alpha value is -1.94. The van der Waals surface area contributed by atoms with Gasteiger partial charge in [0.2, 0.25) is 0 Å². The molecule has 1 aliphatic rings. The lowest BCUT2D eigenvalue weighted by atomic mass is 9.86.